The zero-order valence-corrected chi connectivity index (χ0v) is 22.6. The highest BCUT2D eigenvalue weighted by atomic mass is 16.5. The Bertz CT molecular complexity index is 1330. The van der Waals surface area contributed by atoms with E-state index in [1.807, 2.05) is 49.2 Å². The molecule has 200 valence electrons. The summed E-state index contributed by atoms with van der Waals surface area (Å²) < 4.78 is 6.69. The van der Waals surface area contributed by atoms with Crippen LogP contribution < -0.4 is 4.74 Å². The minimum Gasteiger partial charge on any atom is -0.504 e. The second-order valence-corrected chi connectivity index (χ2v) is 12.7. The number of likely N-dealkylation sites (N-methyl/N-ethyl adjacent to an activating group) is 1. The van der Waals surface area contributed by atoms with Crippen LogP contribution in [0.2, 0.25) is 0 Å². The van der Waals surface area contributed by atoms with Crippen LogP contribution in [0.3, 0.4) is 0 Å². The third kappa shape index (κ3) is 3.29. The second kappa shape index (κ2) is 8.33. The lowest BCUT2D eigenvalue weighted by Gasteiger charge is -2.66. The number of carbonyl (C=O) groups excluding carboxylic acids is 1. The maximum atomic E-state index is 13.5. The summed E-state index contributed by atoms with van der Waals surface area (Å²) in [6.07, 6.45) is 7.83. The van der Waals surface area contributed by atoms with E-state index < -0.39 is 17.1 Å². The Balaban J connectivity index is 1.28. The Labute approximate surface area is 224 Å². The average Bonchev–Trinajstić information content (AvgIpc) is 3.62. The molecular formula is C32H38N2O4. The molecule has 1 amide bonds. The first-order valence-electron chi connectivity index (χ1n) is 14.2. The van der Waals surface area contributed by atoms with Crippen LogP contribution in [0.5, 0.6) is 11.5 Å². The van der Waals surface area contributed by atoms with Crippen molar-refractivity contribution in [2.45, 2.75) is 75.2 Å². The Hall–Kier alpha value is -2.83. The number of rotatable bonds is 5. The number of phenolic OH excluding ortho intramolecular Hbond substituents is 1. The fourth-order valence-corrected chi connectivity index (χ4v) is 8.52. The summed E-state index contributed by atoms with van der Waals surface area (Å²) in [6.45, 7) is 6.15. The maximum Gasteiger partial charge on any atom is 0.246 e. The van der Waals surface area contributed by atoms with E-state index in [2.05, 4.69) is 17.9 Å². The molecule has 2 aromatic rings. The number of aromatic hydroxyl groups is 1. The lowest BCUT2D eigenvalue weighted by Crippen LogP contribution is -2.79. The van der Waals surface area contributed by atoms with Gasteiger partial charge >= 0.3 is 0 Å². The van der Waals surface area contributed by atoms with Gasteiger partial charge in [-0.25, -0.2) is 0 Å². The number of benzene rings is 2. The minimum absolute atomic E-state index is 0.0246. The van der Waals surface area contributed by atoms with Gasteiger partial charge in [-0.2, -0.15) is 0 Å². The molecule has 3 aliphatic carbocycles. The van der Waals surface area contributed by atoms with Crippen LogP contribution in [0.25, 0.3) is 6.08 Å². The molecule has 0 aromatic heterocycles. The van der Waals surface area contributed by atoms with Crippen molar-refractivity contribution >= 4 is 12.0 Å². The van der Waals surface area contributed by atoms with Crippen molar-refractivity contribution in [2.75, 3.05) is 20.1 Å². The number of aryl methyl sites for hydroxylation is 1. The Morgan fingerprint density at radius 3 is 2.84 bits per heavy atom. The van der Waals surface area contributed by atoms with E-state index in [-0.39, 0.29) is 29.7 Å². The van der Waals surface area contributed by atoms with E-state index in [9.17, 15) is 15.0 Å². The molecule has 2 N–H and O–H groups in total. The standard InChI is InChI=1S/C32H38N2O4/c1-19-5-4-6-21(15-19)9-12-26(36)33(3)28-20(2)17-32(37)25-16-23-10-11-24(35)29-27(23)31(32,30(28)38-29)13-14-34(25)18-22-7-8-22/h4-6,9-12,15,20,22,25,28,30,35,37H,7-8,13-14,16-18H2,1-3H3/t20-,25-,28+,30+,31+,32-/m1/s1. The van der Waals surface area contributed by atoms with Crippen molar-refractivity contribution in [1.29, 1.82) is 0 Å². The molecule has 2 bridgehead atoms. The van der Waals surface area contributed by atoms with Gasteiger partial charge in [-0.15, -0.1) is 0 Å². The van der Waals surface area contributed by atoms with Crippen LogP contribution in [0.4, 0.5) is 0 Å². The molecule has 6 atom stereocenters. The van der Waals surface area contributed by atoms with E-state index in [0.29, 0.717) is 12.2 Å². The minimum atomic E-state index is -0.964. The van der Waals surface area contributed by atoms with E-state index >= 15 is 0 Å². The molecule has 6 heteroatoms. The third-order valence-electron chi connectivity index (χ3n) is 10.3. The number of likely N-dealkylation sites (tertiary alicyclic amines) is 1. The number of hydrogen-bond acceptors (Lipinski definition) is 5. The zero-order valence-electron chi connectivity index (χ0n) is 22.6. The number of piperidine rings is 1. The molecular weight excluding hydrogens is 476 g/mol. The summed E-state index contributed by atoms with van der Waals surface area (Å²) >= 11 is 0. The number of hydrogen-bond donors (Lipinski definition) is 2. The molecule has 38 heavy (non-hydrogen) atoms. The Morgan fingerprint density at radius 1 is 1.26 bits per heavy atom. The Morgan fingerprint density at radius 2 is 2.08 bits per heavy atom. The van der Waals surface area contributed by atoms with E-state index in [1.54, 1.807) is 12.1 Å². The first kappa shape index (κ1) is 24.2. The zero-order chi connectivity index (χ0) is 26.4. The third-order valence-corrected chi connectivity index (χ3v) is 10.3. The molecule has 5 aliphatic rings. The van der Waals surface area contributed by atoms with Gasteiger partial charge < -0.3 is 19.8 Å². The van der Waals surface area contributed by atoms with Crippen molar-refractivity contribution in [2.24, 2.45) is 11.8 Å². The van der Waals surface area contributed by atoms with Crippen LogP contribution >= 0.6 is 0 Å². The number of ether oxygens (including phenoxy) is 1. The van der Waals surface area contributed by atoms with Gasteiger partial charge in [0.05, 0.1) is 17.1 Å². The molecule has 0 unspecified atom stereocenters. The van der Waals surface area contributed by atoms with Crippen LogP contribution in [0.1, 0.15) is 54.9 Å². The van der Waals surface area contributed by atoms with Crippen LogP contribution in [-0.4, -0.2) is 69.8 Å². The van der Waals surface area contributed by atoms with Gasteiger partial charge in [0.25, 0.3) is 0 Å². The molecule has 0 radical (unpaired) electrons. The topological polar surface area (TPSA) is 73.2 Å². The van der Waals surface area contributed by atoms with Gasteiger partial charge in [0.15, 0.2) is 11.5 Å². The average molecular weight is 515 g/mol. The van der Waals surface area contributed by atoms with Gasteiger partial charge in [-0.1, -0.05) is 42.8 Å². The van der Waals surface area contributed by atoms with Gasteiger partial charge in [-0.05, 0) is 80.7 Å². The second-order valence-electron chi connectivity index (χ2n) is 12.7. The lowest BCUT2D eigenvalue weighted by molar-refractivity contribution is -0.212. The molecule has 1 spiro atoms. The summed E-state index contributed by atoms with van der Waals surface area (Å²) in [5, 5.41) is 23.7. The van der Waals surface area contributed by atoms with Crippen LogP contribution in [0.15, 0.2) is 42.5 Å². The first-order chi connectivity index (χ1) is 18.2. The smallest absolute Gasteiger partial charge is 0.246 e. The van der Waals surface area contributed by atoms with Gasteiger partial charge in [0.2, 0.25) is 5.91 Å². The largest absolute Gasteiger partial charge is 0.504 e. The summed E-state index contributed by atoms with van der Waals surface area (Å²) in [7, 11) is 1.86. The summed E-state index contributed by atoms with van der Waals surface area (Å²) in [4.78, 5) is 17.9. The van der Waals surface area contributed by atoms with Crippen molar-refractivity contribution in [1.82, 2.24) is 9.80 Å². The maximum absolute atomic E-state index is 13.5. The quantitative estimate of drug-likeness (QED) is 0.589. The number of aliphatic hydroxyl groups is 1. The molecule has 2 aromatic carbocycles. The summed E-state index contributed by atoms with van der Waals surface area (Å²) in [5.74, 6) is 1.36. The molecule has 2 heterocycles. The van der Waals surface area contributed by atoms with E-state index in [1.165, 1.54) is 18.4 Å². The first-order valence-corrected chi connectivity index (χ1v) is 14.2. The molecule has 6 nitrogen and oxygen atoms in total. The van der Waals surface area contributed by atoms with Gasteiger partial charge in [0, 0.05) is 31.3 Å². The van der Waals surface area contributed by atoms with E-state index in [4.69, 9.17) is 4.74 Å². The molecule has 1 saturated heterocycles. The number of amides is 1. The monoisotopic (exact) mass is 514 g/mol. The summed E-state index contributed by atoms with van der Waals surface area (Å²) in [6, 6.07) is 11.7. The predicted octanol–water partition coefficient (Wildman–Crippen LogP) is 4.05. The van der Waals surface area contributed by atoms with Gasteiger partial charge in [0.1, 0.15) is 6.10 Å². The predicted molar refractivity (Wildman–Crippen MR) is 146 cm³/mol. The van der Waals surface area contributed by atoms with Crippen LogP contribution in [-0.2, 0) is 16.6 Å². The van der Waals surface area contributed by atoms with Crippen molar-refractivity contribution < 1.29 is 19.7 Å². The fraction of sp³-hybridized carbons (Fsp3) is 0.531. The van der Waals surface area contributed by atoms with Gasteiger partial charge in [-0.3, -0.25) is 9.69 Å². The Kier molecular flexibility index (Phi) is 5.31. The highest BCUT2D eigenvalue weighted by Gasteiger charge is 2.74. The van der Waals surface area contributed by atoms with Crippen molar-refractivity contribution in [3.05, 3.63) is 64.7 Å². The van der Waals surface area contributed by atoms with Crippen LogP contribution in [0, 0.1) is 18.8 Å². The lowest BCUT2D eigenvalue weighted by atomic mass is 9.46. The fourth-order valence-electron chi connectivity index (χ4n) is 8.52. The van der Waals surface area contributed by atoms with Crippen molar-refractivity contribution in [3.8, 4) is 11.5 Å². The summed E-state index contributed by atoms with van der Waals surface area (Å²) in [5.41, 5.74) is 2.73. The highest BCUT2D eigenvalue weighted by molar-refractivity contribution is 5.92. The molecule has 2 aliphatic heterocycles. The normalized spacial score (nSPS) is 35.2. The van der Waals surface area contributed by atoms with E-state index in [0.717, 1.165) is 48.5 Å². The molecule has 7 rings (SSSR count). The SMILES string of the molecule is Cc1cccc(C=CC(=O)N(C)[C@H]2[C@H](C)C[C@@]3(O)[C@H]4Cc5ccc(O)c6c5[C@@]3(CCN4CC3CC3)[C@H]2O6)c1. The highest BCUT2D eigenvalue weighted by Crippen LogP contribution is 2.66. The number of nitrogens with zero attached hydrogens (tertiary/aromatic N) is 2. The molecule has 3 fully saturated rings. The number of carbonyl (C=O) groups is 1. The molecule has 2 saturated carbocycles. The van der Waals surface area contributed by atoms with Crippen molar-refractivity contribution in [3.63, 3.8) is 0 Å². The number of phenols is 1.